The lowest BCUT2D eigenvalue weighted by Gasteiger charge is -1.96. The molecule has 1 aliphatic heterocycles. The summed E-state index contributed by atoms with van der Waals surface area (Å²) in [6.07, 6.45) is 7.19. The molecule has 0 nitrogen and oxygen atoms in total. The molecule has 1 rings (SSSR count). The molecule has 0 N–H and O–H groups in total. The van der Waals surface area contributed by atoms with Crippen LogP contribution in [0, 0.1) is 0 Å². The van der Waals surface area contributed by atoms with E-state index in [0.29, 0.717) is 0 Å². The van der Waals surface area contributed by atoms with Crippen LogP contribution in [-0.2, 0) is 0 Å². The summed E-state index contributed by atoms with van der Waals surface area (Å²) in [7, 11) is 7.95. The summed E-state index contributed by atoms with van der Waals surface area (Å²) in [6, 6.07) is 0. The van der Waals surface area contributed by atoms with Gasteiger partial charge in [0.2, 0.25) is 0 Å². The molecular weight excluding hydrogens is 212 g/mol. The summed E-state index contributed by atoms with van der Waals surface area (Å²) >= 11 is 0. The van der Waals surface area contributed by atoms with Crippen molar-refractivity contribution < 1.29 is 0 Å². The molecule has 1 aliphatic rings. The highest BCUT2D eigenvalue weighted by Crippen LogP contribution is 2.43. The van der Waals surface area contributed by atoms with Gasteiger partial charge in [0.05, 0.1) is 0 Å². The molecule has 1 fully saturated rings. The lowest BCUT2D eigenvalue weighted by molar-refractivity contribution is 0.663. The van der Waals surface area contributed by atoms with Crippen molar-refractivity contribution in [1.29, 1.82) is 0 Å². The maximum Gasteiger partial charge on any atom is 0.00454 e. The van der Waals surface area contributed by atoms with Crippen LogP contribution in [0.2, 0.25) is 0 Å². The minimum atomic E-state index is 1.35. The Hall–Kier alpha value is 1.40. The van der Waals surface area contributed by atoms with Crippen LogP contribution in [0.4, 0.5) is 0 Å². The highest BCUT2D eigenvalue weighted by Gasteiger charge is 1.97. The summed E-state index contributed by atoms with van der Waals surface area (Å²) in [4.78, 5) is 0. The van der Waals surface area contributed by atoms with Crippen LogP contribution in [0.15, 0.2) is 0 Å². The van der Waals surface area contributed by atoms with Gasteiger partial charge in [-0.1, -0.05) is 40.9 Å². The van der Waals surface area contributed by atoms with Gasteiger partial charge in [-0.3, -0.25) is 0 Å². The molecule has 1 heterocycles. The molecule has 0 radical (unpaired) electrons. The van der Waals surface area contributed by atoms with Gasteiger partial charge in [-0.25, -0.2) is 0 Å². The van der Waals surface area contributed by atoms with Gasteiger partial charge in [0.25, 0.3) is 0 Å². The summed E-state index contributed by atoms with van der Waals surface area (Å²) < 4.78 is 0. The second-order valence-electron chi connectivity index (χ2n) is 2.55. The molecule has 0 aliphatic carbocycles. The van der Waals surface area contributed by atoms with Crippen LogP contribution in [0.1, 0.15) is 32.1 Å². The van der Waals surface area contributed by atoms with Crippen molar-refractivity contribution in [2.45, 2.75) is 32.1 Å². The summed E-state index contributed by atoms with van der Waals surface area (Å²) in [5.74, 6) is 2.69. The molecule has 0 spiro atoms. The number of hydrogen-bond acceptors (Lipinski definition) is 4. The number of hydrogen-bond donors (Lipinski definition) is 0. The van der Waals surface area contributed by atoms with Gasteiger partial charge in [0, 0.05) is 11.5 Å². The molecule has 0 aromatic rings. The molecule has 0 aromatic heterocycles. The monoisotopic (exact) mass is 226 g/mol. The van der Waals surface area contributed by atoms with Crippen LogP contribution in [0.25, 0.3) is 0 Å². The Kier molecular flexibility index (Phi) is 7.64. The lowest BCUT2D eigenvalue weighted by Crippen LogP contribution is -1.81. The molecule has 4 heteroatoms. The average molecular weight is 226 g/mol. The Morgan fingerprint density at radius 3 is 1.55 bits per heavy atom. The van der Waals surface area contributed by atoms with Crippen LogP contribution in [0.3, 0.4) is 0 Å². The maximum absolute atomic E-state index is 2.02. The zero-order valence-corrected chi connectivity index (χ0v) is 9.85. The first-order valence-electron chi connectivity index (χ1n) is 4.08. The fourth-order valence-corrected chi connectivity index (χ4v) is 7.22. The van der Waals surface area contributed by atoms with E-state index in [4.69, 9.17) is 0 Å². The van der Waals surface area contributed by atoms with E-state index >= 15 is 0 Å². The highest BCUT2D eigenvalue weighted by atomic mass is 33.7. The van der Waals surface area contributed by atoms with Crippen molar-refractivity contribution in [3.63, 3.8) is 0 Å². The maximum atomic E-state index is 2.02. The van der Waals surface area contributed by atoms with Gasteiger partial charge in [-0.05, 0) is 32.5 Å². The highest BCUT2D eigenvalue weighted by molar-refractivity contribution is 9.26. The third-order valence-corrected chi connectivity index (χ3v) is 8.21. The van der Waals surface area contributed by atoms with E-state index in [1.807, 2.05) is 41.2 Å². The third-order valence-electron chi connectivity index (χ3n) is 1.58. The minimum Gasteiger partial charge on any atom is -0.0817 e. The van der Waals surface area contributed by atoms with E-state index in [-0.39, 0.29) is 0 Å². The predicted octanol–water partition coefficient (Wildman–Crippen LogP) is 4.63. The van der Waals surface area contributed by atoms with Crippen molar-refractivity contribution in [2.24, 2.45) is 0 Å². The molecule has 0 aromatic carbocycles. The fraction of sp³-hybridized carbons (Fsp3) is 1.00. The zero-order chi connectivity index (χ0) is 7.78. The standard InChI is InChI=1S/C7H14S4/c1-2-4-6-8-10-11-9-7-5-3-1/h1-7H2. The van der Waals surface area contributed by atoms with E-state index in [1.54, 1.807) is 0 Å². The van der Waals surface area contributed by atoms with Gasteiger partial charge in [0.15, 0.2) is 0 Å². The molecule has 0 amide bonds. The molecule has 0 bridgehead atoms. The predicted molar refractivity (Wildman–Crippen MR) is 63.2 cm³/mol. The first kappa shape index (κ1) is 10.5. The van der Waals surface area contributed by atoms with Gasteiger partial charge in [0.1, 0.15) is 0 Å². The number of rotatable bonds is 0. The Morgan fingerprint density at radius 2 is 1.00 bits per heavy atom. The molecule has 1 saturated heterocycles. The quantitative estimate of drug-likeness (QED) is 0.552. The van der Waals surface area contributed by atoms with Gasteiger partial charge in [-0.2, -0.15) is 0 Å². The van der Waals surface area contributed by atoms with Crippen LogP contribution in [-0.4, -0.2) is 11.5 Å². The van der Waals surface area contributed by atoms with E-state index in [2.05, 4.69) is 0 Å². The SMILES string of the molecule is C1CCCSSSSCCC1. The first-order chi connectivity index (χ1) is 5.50. The second-order valence-corrected chi connectivity index (χ2v) is 8.79. The Labute approximate surface area is 84.6 Å². The summed E-state index contributed by atoms with van der Waals surface area (Å²) in [5.41, 5.74) is 0. The molecule has 66 valence electrons. The topological polar surface area (TPSA) is 0 Å². The van der Waals surface area contributed by atoms with Crippen LogP contribution in [0.5, 0.6) is 0 Å². The molecule has 0 atom stereocenters. The van der Waals surface area contributed by atoms with E-state index in [1.165, 1.54) is 43.6 Å². The van der Waals surface area contributed by atoms with Crippen molar-refractivity contribution >= 4 is 41.2 Å². The third kappa shape index (κ3) is 6.55. The fourth-order valence-electron chi connectivity index (χ4n) is 0.960. The van der Waals surface area contributed by atoms with Gasteiger partial charge in [-0.15, -0.1) is 0 Å². The molecule has 0 saturated carbocycles. The van der Waals surface area contributed by atoms with Gasteiger partial charge < -0.3 is 0 Å². The van der Waals surface area contributed by atoms with E-state index in [9.17, 15) is 0 Å². The molecular formula is C7H14S4. The minimum absolute atomic E-state index is 1.35. The van der Waals surface area contributed by atoms with Crippen LogP contribution >= 0.6 is 41.2 Å². The average Bonchev–Trinajstić information content (AvgIpc) is 2.08. The van der Waals surface area contributed by atoms with E-state index < -0.39 is 0 Å². The van der Waals surface area contributed by atoms with Crippen molar-refractivity contribution in [3.8, 4) is 0 Å². The molecule has 0 unspecified atom stereocenters. The lowest BCUT2D eigenvalue weighted by atomic mass is 10.2. The second kappa shape index (κ2) is 8.02. The summed E-state index contributed by atoms with van der Waals surface area (Å²) in [6.45, 7) is 0. The summed E-state index contributed by atoms with van der Waals surface area (Å²) in [5, 5.41) is 0. The van der Waals surface area contributed by atoms with Crippen molar-refractivity contribution in [2.75, 3.05) is 11.5 Å². The van der Waals surface area contributed by atoms with E-state index in [0.717, 1.165) is 0 Å². The smallest absolute Gasteiger partial charge is 0.00454 e. The first-order valence-corrected chi connectivity index (χ1v) is 9.23. The molecule has 11 heavy (non-hydrogen) atoms. The van der Waals surface area contributed by atoms with Crippen LogP contribution < -0.4 is 0 Å². The normalized spacial score (nSPS) is 24.0. The zero-order valence-electron chi connectivity index (χ0n) is 6.58. The van der Waals surface area contributed by atoms with Gasteiger partial charge >= 0.3 is 0 Å². The largest absolute Gasteiger partial charge is 0.0817 e. The van der Waals surface area contributed by atoms with Crippen molar-refractivity contribution in [3.05, 3.63) is 0 Å². The Bertz CT molecular complexity index is 48.5. The van der Waals surface area contributed by atoms with Crippen molar-refractivity contribution in [1.82, 2.24) is 0 Å². The Balaban J connectivity index is 2.02. The Morgan fingerprint density at radius 1 is 0.545 bits per heavy atom.